The van der Waals surface area contributed by atoms with Crippen molar-refractivity contribution in [3.05, 3.63) is 64.1 Å². The van der Waals surface area contributed by atoms with Gasteiger partial charge in [-0.3, -0.25) is 9.79 Å². The Balaban J connectivity index is 0.00000420. The van der Waals surface area contributed by atoms with Crippen molar-refractivity contribution in [3.8, 4) is 0 Å². The molecule has 2 aromatic rings. The van der Waals surface area contributed by atoms with E-state index in [1.165, 1.54) is 10.5 Å². The minimum absolute atomic E-state index is 0. The van der Waals surface area contributed by atoms with Gasteiger partial charge in [0.15, 0.2) is 5.96 Å². The van der Waals surface area contributed by atoms with Crippen LogP contribution in [0.2, 0.25) is 0 Å². The van der Waals surface area contributed by atoms with E-state index in [0.29, 0.717) is 0 Å². The molecule has 0 aliphatic rings. The van der Waals surface area contributed by atoms with Crippen molar-refractivity contribution in [1.82, 2.24) is 14.8 Å². The van der Waals surface area contributed by atoms with Gasteiger partial charge in [-0.1, -0.05) is 18.2 Å². The van der Waals surface area contributed by atoms with Gasteiger partial charge >= 0.3 is 0 Å². The first kappa shape index (κ1) is 25.6. The predicted octanol–water partition coefficient (Wildman–Crippen LogP) is 4.37. The van der Waals surface area contributed by atoms with Gasteiger partial charge < -0.3 is 14.8 Å². The van der Waals surface area contributed by atoms with E-state index in [4.69, 9.17) is 4.99 Å². The Kier molecular flexibility index (Phi) is 12.1. The Bertz CT molecular complexity index is 820. The Hall–Kier alpha value is -1.48. The second kappa shape index (κ2) is 13.7. The normalized spacial score (nSPS) is 11.1. The first-order valence-electron chi connectivity index (χ1n) is 9.84. The smallest absolute Gasteiger partial charge is 0.250 e. The van der Waals surface area contributed by atoms with Crippen LogP contribution in [-0.4, -0.2) is 41.8 Å². The molecule has 160 valence electrons. The van der Waals surface area contributed by atoms with E-state index in [2.05, 4.69) is 54.7 Å². The van der Waals surface area contributed by atoms with E-state index in [1.54, 1.807) is 17.8 Å². The lowest BCUT2D eigenvalue weighted by Crippen LogP contribution is -2.38. The number of halogens is 1. The van der Waals surface area contributed by atoms with Gasteiger partial charge in [-0.15, -0.1) is 35.7 Å². The van der Waals surface area contributed by atoms with Crippen LogP contribution >= 0.6 is 35.7 Å². The number of aliphatic imine (C=N–C) groups is 1. The number of nitrogens with one attached hydrogen (secondary N) is 1. The van der Waals surface area contributed by atoms with Gasteiger partial charge in [0.05, 0.1) is 0 Å². The van der Waals surface area contributed by atoms with Crippen molar-refractivity contribution in [3.63, 3.8) is 0 Å². The van der Waals surface area contributed by atoms with Crippen LogP contribution in [0.1, 0.15) is 31.0 Å². The second-order valence-corrected chi connectivity index (χ2v) is 7.68. The summed E-state index contributed by atoms with van der Waals surface area (Å²) in [6, 6.07) is 14.1. The molecule has 1 aromatic heterocycles. The minimum atomic E-state index is 0. The summed E-state index contributed by atoms with van der Waals surface area (Å²) in [4.78, 5) is 20.1. The van der Waals surface area contributed by atoms with Crippen molar-refractivity contribution < 1.29 is 0 Å². The number of aryl methyl sites for hydroxylation is 1. The quantitative estimate of drug-likeness (QED) is 0.173. The third kappa shape index (κ3) is 8.42. The summed E-state index contributed by atoms with van der Waals surface area (Å²) in [5.74, 6) is 0.921. The molecule has 0 spiro atoms. The molecule has 1 heterocycles. The Labute approximate surface area is 196 Å². The molecule has 0 fully saturated rings. The Morgan fingerprint density at radius 3 is 2.52 bits per heavy atom. The molecule has 2 rings (SSSR count). The number of thioether (sulfide) groups is 1. The summed E-state index contributed by atoms with van der Waals surface area (Å²) in [6.07, 6.45) is 3.98. The molecular weight excluding hydrogens is 495 g/mol. The van der Waals surface area contributed by atoms with Crippen LogP contribution in [-0.2, 0) is 13.1 Å². The molecule has 0 atom stereocenters. The number of nitrogens with zero attached hydrogens (tertiary/aromatic N) is 3. The van der Waals surface area contributed by atoms with Crippen LogP contribution in [0.4, 0.5) is 0 Å². The number of pyridine rings is 1. The molecule has 5 nitrogen and oxygen atoms in total. The summed E-state index contributed by atoms with van der Waals surface area (Å²) >= 11 is 1.76. The lowest BCUT2D eigenvalue weighted by Gasteiger charge is -2.22. The fourth-order valence-electron chi connectivity index (χ4n) is 3.03. The third-order valence-corrected chi connectivity index (χ3v) is 5.34. The van der Waals surface area contributed by atoms with Gasteiger partial charge in [-0.05, 0) is 56.7 Å². The fraction of sp³-hybridized carbons (Fsp3) is 0.455. The Morgan fingerprint density at radius 2 is 1.90 bits per heavy atom. The SMILES string of the molecule is CCNC(=NCCCCn1c(C)cccc1=O)N(C)Cc1ccc(SC)cc1.I. The van der Waals surface area contributed by atoms with Crippen molar-refractivity contribution >= 4 is 41.7 Å². The van der Waals surface area contributed by atoms with Crippen molar-refractivity contribution in [2.45, 2.75) is 44.7 Å². The molecule has 7 heteroatoms. The molecule has 0 aliphatic heterocycles. The standard InChI is InChI=1S/C22H32N4OS.HI/c1-5-23-22(25(3)17-19-11-13-20(28-4)14-12-19)24-15-6-7-16-26-18(2)9-8-10-21(26)27;/h8-14H,5-7,15-17H2,1-4H3,(H,23,24);1H. The highest BCUT2D eigenvalue weighted by molar-refractivity contribution is 14.0. The summed E-state index contributed by atoms with van der Waals surface area (Å²) in [7, 11) is 2.07. The molecule has 0 saturated heterocycles. The van der Waals surface area contributed by atoms with Crippen LogP contribution in [0.15, 0.2) is 57.1 Å². The molecule has 29 heavy (non-hydrogen) atoms. The van der Waals surface area contributed by atoms with Crippen molar-refractivity contribution in [2.75, 3.05) is 26.4 Å². The predicted molar refractivity (Wildman–Crippen MR) is 136 cm³/mol. The molecule has 0 saturated carbocycles. The Morgan fingerprint density at radius 1 is 1.17 bits per heavy atom. The highest BCUT2D eigenvalue weighted by atomic mass is 127. The molecular formula is C22H33IN4OS. The van der Waals surface area contributed by atoms with E-state index < -0.39 is 0 Å². The number of benzene rings is 1. The molecule has 0 radical (unpaired) electrons. The molecule has 1 N–H and O–H groups in total. The zero-order chi connectivity index (χ0) is 20.4. The van der Waals surface area contributed by atoms with Crippen LogP contribution in [0.25, 0.3) is 0 Å². The number of guanidine groups is 1. The first-order chi connectivity index (χ1) is 13.5. The first-order valence-corrected chi connectivity index (χ1v) is 11.1. The molecule has 0 aliphatic carbocycles. The average Bonchev–Trinajstić information content (AvgIpc) is 2.69. The van der Waals surface area contributed by atoms with Gasteiger partial charge in [-0.2, -0.15) is 0 Å². The number of hydrogen-bond acceptors (Lipinski definition) is 3. The van der Waals surface area contributed by atoms with Crippen LogP contribution in [0.3, 0.4) is 0 Å². The molecule has 0 bridgehead atoms. The van der Waals surface area contributed by atoms with E-state index in [0.717, 1.165) is 50.7 Å². The number of rotatable bonds is 9. The molecule has 1 aromatic carbocycles. The third-order valence-electron chi connectivity index (χ3n) is 4.59. The maximum Gasteiger partial charge on any atom is 0.250 e. The maximum atomic E-state index is 11.9. The minimum Gasteiger partial charge on any atom is -0.357 e. The highest BCUT2D eigenvalue weighted by Gasteiger charge is 2.06. The van der Waals surface area contributed by atoms with Gasteiger partial charge in [0.25, 0.3) is 5.56 Å². The zero-order valence-electron chi connectivity index (χ0n) is 17.9. The summed E-state index contributed by atoms with van der Waals surface area (Å²) in [6.45, 7) is 7.21. The van der Waals surface area contributed by atoms with Gasteiger partial charge in [0.1, 0.15) is 0 Å². The maximum absolute atomic E-state index is 11.9. The monoisotopic (exact) mass is 528 g/mol. The summed E-state index contributed by atoms with van der Waals surface area (Å²) in [5, 5.41) is 3.37. The molecule has 0 amide bonds. The molecule has 0 unspecified atom stereocenters. The van der Waals surface area contributed by atoms with E-state index in [9.17, 15) is 4.79 Å². The van der Waals surface area contributed by atoms with E-state index in [-0.39, 0.29) is 29.5 Å². The van der Waals surface area contributed by atoms with Crippen molar-refractivity contribution in [1.29, 1.82) is 0 Å². The second-order valence-electron chi connectivity index (χ2n) is 6.80. The number of unbranched alkanes of at least 4 members (excludes halogenated alkanes) is 1. The lowest BCUT2D eigenvalue weighted by atomic mass is 10.2. The van der Waals surface area contributed by atoms with Crippen LogP contribution in [0.5, 0.6) is 0 Å². The van der Waals surface area contributed by atoms with Crippen molar-refractivity contribution in [2.24, 2.45) is 4.99 Å². The summed E-state index contributed by atoms with van der Waals surface area (Å²) < 4.78 is 1.83. The lowest BCUT2D eigenvalue weighted by molar-refractivity contribution is 0.475. The number of aromatic nitrogens is 1. The van der Waals surface area contributed by atoms with E-state index >= 15 is 0 Å². The fourth-order valence-corrected chi connectivity index (χ4v) is 3.43. The summed E-state index contributed by atoms with van der Waals surface area (Å²) in [5.41, 5.74) is 2.35. The topological polar surface area (TPSA) is 49.6 Å². The van der Waals surface area contributed by atoms with Crippen LogP contribution < -0.4 is 10.9 Å². The highest BCUT2D eigenvalue weighted by Crippen LogP contribution is 2.15. The number of hydrogen-bond donors (Lipinski definition) is 1. The zero-order valence-corrected chi connectivity index (χ0v) is 21.0. The van der Waals surface area contributed by atoms with Gasteiger partial charge in [0.2, 0.25) is 0 Å². The van der Waals surface area contributed by atoms with E-state index in [1.807, 2.05) is 23.6 Å². The van der Waals surface area contributed by atoms with Crippen LogP contribution in [0, 0.1) is 6.92 Å². The van der Waals surface area contributed by atoms with Gasteiger partial charge in [-0.25, -0.2) is 0 Å². The average molecular weight is 529 g/mol. The largest absolute Gasteiger partial charge is 0.357 e. The van der Waals surface area contributed by atoms with Gasteiger partial charge in [0, 0.05) is 49.9 Å².